The zero-order chi connectivity index (χ0) is 12.3. The molecular formula is C11H6ClN3OS. The highest BCUT2D eigenvalue weighted by Gasteiger charge is 2.10. The standard InChI is InChI=1S/C11H6ClN3OS/c12-9-2-1-8(6-14-9)10(16)15-11-7(5-13)3-4-17-11/h1-4,6H,(H,15,16). The molecule has 0 bridgehead atoms. The van der Waals surface area contributed by atoms with Crippen LogP contribution >= 0.6 is 22.9 Å². The molecule has 0 unspecified atom stereocenters. The molecule has 2 rings (SSSR count). The van der Waals surface area contributed by atoms with Crippen molar-refractivity contribution >= 4 is 33.8 Å². The van der Waals surface area contributed by atoms with Gasteiger partial charge in [0.1, 0.15) is 16.2 Å². The van der Waals surface area contributed by atoms with Gasteiger partial charge in [0.2, 0.25) is 0 Å². The van der Waals surface area contributed by atoms with Crippen molar-refractivity contribution in [3.8, 4) is 6.07 Å². The minimum absolute atomic E-state index is 0.312. The molecule has 1 amide bonds. The number of carbonyl (C=O) groups excluding carboxylic acids is 1. The summed E-state index contributed by atoms with van der Waals surface area (Å²) < 4.78 is 0. The third-order valence-corrected chi connectivity index (χ3v) is 3.06. The summed E-state index contributed by atoms with van der Waals surface area (Å²) in [5.41, 5.74) is 0.844. The van der Waals surface area contributed by atoms with Crippen molar-refractivity contribution in [1.82, 2.24) is 4.98 Å². The van der Waals surface area contributed by atoms with Crippen LogP contribution < -0.4 is 5.32 Å². The fourth-order valence-electron chi connectivity index (χ4n) is 1.18. The van der Waals surface area contributed by atoms with Crippen LogP contribution in [0, 0.1) is 11.3 Å². The Morgan fingerprint density at radius 2 is 2.29 bits per heavy atom. The van der Waals surface area contributed by atoms with Crippen LogP contribution in [-0.4, -0.2) is 10.9 Å². The molecule has 4 nitrogen and oxygen atoms in total. The Hall–Kier alpha value is -1.90. The quantitative estimate of drug-likeness (QED) is 0.847. The Morgan fingerprint density at radius 1 is 1.47 bits per heavy atom. The number of hydrogen-bond donors (Lipinski definition) is 1. The van der Waals surface area contributed by atoms with Gasteiger partial charge in [0.15, 0.2) is 0 Å². The lowest BCUT2D eigenvalue weighted by atomic mass is 10.2. The molecule has 0 fully saturated rings. The first-order chi connectivity index (χ1) is 8.20. The summed E-state index contributed by atoms with van der Waals surface area (Å²) in [7, 11) is 0. The molecule has 0 saturated heterocycles. The smallest absolute Gasteiger partial charge is 0.257 e. The first-order valence-corrected chi connectivity index (χ1v) is 5.87. The summed E-state index contributed by atoms with van der Waals surface area (Å²) >= 11 is 6.92. The van der Waals surface area contributed by atoms with Gasteiger partial charge < -0.3 is 5.32 Å². The van der Waals surface area contributed by atoms with E-state index in [0.29, 0.717) is 21.3 Å². The highest BCUT2D eigenvalue weighted by atomic mass is 35.5. The Balaban J connectivity index is 2.18. The van der Waals surface area contributed by atoms with Crippen molar-refractivity contribution in [3.05, 3.63) is 46.1 Å². The molecule has 0 aliphatic carbocycles. The number of thiophene rings is 1. The molecule has 2 aromatic rings. The number of anilines is 1. The van der Waals surface area contributed by atoms with Crippen molar-refractivity contribution in [2.24, 2.45) is 0 Å². The zero-order valence-electron chi connectivity index (χ0n) is 8.48. The summed E-state index contributed by atoms with van der Waals surface area (Å²) in [4.78, 5) is 15.6. The maximum absolute atomic E-state index is 11.8. The molecule has 0 radical (unpaired) electrons. The van der Waals surface area contributed by atoms with E-state index in [2.05, 4.69) is 10.3 Å². The van der Waals surface area contributed by atoms with E-state index in [-0.39, 0.29) is 5.91 Å². The van der Waals surface area contributed by atoms with Gasteiger partial charge in [0.05, 0.1) is 11.1 Å². The maximum Gasteiger partial charge on any atom is 0.257 e. The van der Waals surface area contributed by atoms with Crippen LogP contribution in [0.5, 0.6) is 0 Å². The van der Waals surface area contributed by atoms with Gasteiger partial charge in [-0.2, -0.15) is 5.26 Å². The average Bonchev–Trinajstić information content (AvgIpc) is 2.77. The second-order valence-electron chi connectivity index (χ2n) is 3.10. The van der Waals surface area contributed by atoms with E-state index in [1.165, 1.54) is 23.6 Å². The number of nitrogens with zero attached hydrogens (tertiary/aromatic N) is 2. The minimum atomic E-state index is -0.312. The van der Waals surface area contributed by atoms with E-state index in [9.17, 15) is 4.79 Å². The van der Waals surface area contributed by atoms with Gasteiger partial charge in [-0.25, -0.2) is 4.98 Å². The van der Waals surface area contributed by atoms with Crippen LogP contribution in [0.2, 0.25) is 5.15 Å². The van der Waals surface area contributed by atoms with E-state index < -0.39 is 0 Å². The highest BCUT2D eigenvalue weighted by molar-refractivity contribution is 7.14. The summed E-state index contributed by atoms with van der Waals surface area (Å²) in [5.74, 6) is -0.312. The number of aromatic nitrogens is 1. The summed E-state index contributed by atoms with van der Waals surface area (Å²) in [6.45, 7) is 0. The van der Waals surface area contributed by atoms with Crippen LogP contribution in [0.4, 0.5) is 5.00 Å². The molecule has 0 aliphatic rings. The Kier molecular flexibility index (Phi) is 3.38. The molecule has 0 saturated carbocycles. The van der Waals surface area contributed by atoms with Crippen molar-refractivity contribution in [3.63, 3.8) is 0 Å². The molecule has 84 valence electrons. The molecular weight excluding hydrogens is 258 g/mol. The lowest BCUT2D eigenvalue weighted by Crippen LogP contribution is -2.11. The number of halogens is 1. The number of nitrogens with one attached hydrogen (secondary N) is 1. The third-order valence-electron chi connectivity index (χ3n) is 2.00. The van der Waals surface area contributed by atoms with Crippen LogP contribution in [-0.2, 0) is 0 Å². The molecule has 0 aliphatic heterocycles. The fraction of sp³-hybridized carbons (Fsp3) is 0. The van der Waals surface area contributed by atoms with E-state index >= 15 is 0 Å². The SMILES string of the molecule is N#Cc1ccsc1NC(=O)c1ccc(Cl)nc1. The second kappa shape index (κ2) is 4.95. The lowest BCUT2D eigenvalue weighted by Gasteiger charge is -2.02. The number of pyridine rings is 1. The van der Waals surface area contributed by atoms with E-state index in [1.54, 1.807) is 17.5 Å². The van der Waals surface area contributed by atoms with Gasteiger partial charge in [-0.3, -0.25) is 4.79 Å². The predicted octanol–water partition coefficient (Wildman–Crippen LogP) is 2.92. The van der Waals surface area contributed by atoms with Crippen LogP contribution in [0.3, 0.4) is 0 Å². The normalized spacial score (nSPS) is 9.65. The first kappa shape index (κ1) is 11.6. The van der Waals surface area contributed by atoms with Crippen LogP contribution in [0.25, 0.3) is 0 Å². The monoisotopic (exact) mass is 263 g/mol. The number of nitriles is 1. The summed E-state index contributed by atoms with van der Waals surface area (Å²) in [5, 5.41) is 14.1. The van der Waals surface area contributed by atoms with Gasteiger partial charge in [0.25, 0.3) is 5.91 Å². The van der Waals surface area contributed by atoms with Crippen molar-refractivity contribution < 1.29 is 4.79 Å². The second-order valence-corrected chi connectivity index (χ2v) is 4.40. The Bertz CT molecular complexity index is 586. The van der Waals surface area contributed by atoms with Crippen molar-refractivity contribution in [1.29, 1.82) is 5.26 Å². The van der Waals surface area contributed by atoms with Gasteiger partial charge in [-0.15, -0.1) is 11.3 Å². The van der Waals surface area contributed by atoms with Crippen LogP contribution in [0.15, 0.2) is 29.8 Å². The first-order valence-electron chi connectivity index (χ1n) is 4.61. The predicted molar refractivity (Wildman–Crippen MR) is 66.2 cm³/mol. The number of carbonyl (C=O) groups is 1. The minimum Gasteiger partial charge on any atom is -0.312 e. The highest BCUT2D eigenvalue weighted by Crippen LogP contribution is 2.22. The van der Waals surface area contributed by atoms with E-state index in [1.807, 2.05) is 6.07 Å². The summed E-state index contributed by atoms with van der Waals surface area (Å²) in [6.07, 6.45) is 1.39. The average molecular weight is 264 g/mol. The Labute approximate surface area is 106 Å². The number of amides is 1. The van der Waals surface area contributed by atoms with Gasteiger partial charge >= 0.3 is 0 Å². The topological polar surface area (TPSA) is 65.8 Å². The Morgan fingerprint density at radius 3 is 2.94 bits per heavy atom. The summed E-state index contributed by atoms with van der Waals surface area (Å²) in [6, 6.07) is 6.77. The van der Waals surface area contributed by atoms with E-state index in [0.717, 1.165) is 0 Å². The number of rotatable bonds is 2. The molecule has 6 heteroatoms. The van der Waals surface area contributed by atoms with Crippen molar-refractivity contribution in [2.45, 2.75) is 0 Å². The fourth-order valence-corrected chi connectivity index (χ4v) is 2.02. The molecule has 1 N–H and O–H groups in total. The lowest BCUT2D eigenvalue weighted by molar-refractivity contribution is 0.102. The van der Waals surface area contributed by atoms with Crippen molar-refractivity contribution in [2.75, 3.05) is 5.32 Å². The molecule has 2 aromatic heterocycles. The maximum atomic E-state index is 11.8. The third kappa shape index (κ3) is 2.61. The zero-order valence-corrected chi connectivity index (χ0v) is 10.0. The van der Waals surface area contributed by atoms with Gasteiger partial charge in [-0.1, -0.05) is 11.6 Å². The molecule has 17 heavy (non-hydrogen) atoms. The van der Waals surface area contributed by atoms with Crippen LogP contribution in [0.1, 0.15) is 15.9 Å². The largest absolute Gasteiger partial charge is 0.312 e. The van der Waals surface area contributed by atoms with Gasteiger partial charge in [-0.05, 0) is 23.6 Å². The van der Waals surface area contributed by atoms with Gasteiger partial charge in [0, 0.05) is 6.20 Å². The molecule has 2 heterocycles. The molecule has 0 atom stereocenters. The molecule has 0 aromatic carbocycles. The van der Waals surface area contributed by atoms with E-state index in [4.69, 9.17) is 16.9 Å². The number of hydrogen-bond acceptors (Lipinski definition) is 4. The molecule has 0 spiro atoms.